The van der Waals surface area contributed by atoms with Gasteiger partial charge in [0, 0.05) is 10.5 Å². The molecular formula is C27H26BrClN2O4. The third-order valence-electron chi connectivity index (χ3n) is 5.51. The Morgan fingerprint density at radius 3 is 2.71 bits per heavy atom. The first-order valence-corrected chi connectivity index (χ1v) is 12.4. The quantitative estimate of drug-likeness (QED) is 0.242. The van der Waals surface area contributed by atoms with Crippen LogP contribution in [0.2, 0.25) is 5.15 Å². The lowest BCUT2D eigenvalue weighted by Gasteiger charge is -2.18. The van der Waals surface area contributed by atoms with Gasteiger partial charge in [-0.25, -0.2) is 4.98 Å². The van der Waals surface area contributed by atoms with Crippen molar-refractivity contribution in [2.24, 2.45) is 0 Å². The number of aromatic nitrogens is 1. The number of rotatable bonds is 10. The van der Waals surface area contributed by atoms with Crippen molar-refractivity contribution in [3.63, 3.8) is 0 Å². The number of nitriles is 1. The van der Waals surface area contributed by atoms with E-state index in [2.05, 4.69) is 27.0 Å². The maximum Gasteiger partial charge on any atom is 0.310 e. The summed E-state index contributed by atoms with van der Waals surface area (Å²) in [7, 11) is 0. The summed E-state index contributed by atoms with van der Waals surface area (Å²) in [6, 6.07) is 16.3. The highest BCUT2D eigenvalue weighted by atomic mass is 79.9. The van der Waals surface area contributed by atoms with E-state index in [1.807, 2.05) is 19.1 Å². The predicted molar refractivity (Wildman–Crippen MR) is 137 cm³/mol. The Morgan fingerprint density at radius 2 is 2.00 bits per heavy atom. The molecule has 0 saturated heterocycles. The van der Waals surface area contributed by atoms with Crippen LogP contribution in [-0.2, 0) is 29.0 Å². The van der Waals surface area contributed by atoms with Gasteiger partial charge in [0.15, 0.2) is 0 Å². The number of aryl methyl sites for hydroxylation is 2. The topological polar surface area (TPSA) is 92.4 Å². The highest BCUT2D eigenvalue weighted by Crippen LogP contribution is 2.28. The van der Waals surface area contributed by atoms with Gasteiger partial charge in [0.05, 0.1) is 30.8 Å². The Kier molecular flexibility index (Phi) is 9.67. The van der Waals surface area contributed by atoms with E-state index in [-0.39, 0.29) is 19.0 Å². The summed E-state index contributed by atoms with van der Waals surface area (Å²) in [6.45, 7) is 4.23. The molecule has 0 aliphatic rings. The Morgan fingerprint density at radius 1 is 1.20 bits per heavy atom. The van der Waals surface area contributed by atoms with Crippen LogP contribution in [0.25, 0.3) is 0 Å². The number of esters is 1. The number of halogens is 2. The van der Waals surface area contributed by atoms with E-state index in [1.165, 1.54) is 0 Å². The molecule has 8 heteroatoms. The van der Waals surface area contributed by atoms with Crippen LogP contribution in [0, 0.1) is 18.3 Å². The van der Waals surface area contributed by atoms with Crippen molar-refractivity contribution in [1.29, 1.82) is 5.26 Å². The number of benzene rings is 2. The molecule has 6 nitrogen and oxygen atoms in total. The van der Waals surface area contributed by atoms with Crippen LogP contribution in [0.1, 0.15) is 52.8 Å². The Hall–Kier alpha value is -2.92. The number of aliphatic hydroxyl groups excluding tert-OH is 1. The molecule has 0 bridgehead atoms. The second-order valence-corrected chi connectivity index (χ2v) is 9.26. The van der Waals surface area contributed by atoms with Gasteiger partial charge in [0.2, 0.25) is 5.88 Å². The first-order chi connectivity index (χ1) is 16.8. The zero-order valence-electron chi connectivity index (χ0n) is 19.6. The molecule has 3 rings (SSSR count). The molecule has 1 aromatic heterocycles. The van der Waals surface area contributed by atoms with Gasteiger partial charge in [-0.3, -0.25) is 4.79 Å². The number of carbonyl (C=O) groups is 1. The van der Waals surface area contributed by atoms with Crippen molar-refractivity contribution in [1.82, 2.24) is 4.98 Å². The summed E-state index contributed by atoms with van der Waals surface area (Å²) in [6.07, 6.45) is 0.248. The monoisotopic (exact) mass is 556 g/mol. The van der Waals surface area contributed by atoms with Crippen LogP contribution in [0.3, 0.4) is 0 Å². The second kappa shape index (κ2) is 12.7. The second-order valence-electron chi connectivity index (χ2n) is 8.02. The SMILES string of the molecule is CCOC(=O)Cc1cc(C)c(Br)cc1CCC(O)c1cc(C#N)ccc1COc1cccc(Cl)n1. The number of hydrogen-bond acceptors (Lipinski definition) is 6. The molecule has 0 aliphatic heterocycles. The summed E-state index contributed by atoms with van der Waals surface area (Å²) >= 11 is 9.49. The van der Waals surface area contributed by atoms with Crippen molar-refractivity contribution in [2.75, 3.05) is 6.61 Å². The number of aliphatic hydroxyl groups is 1. The minimum atomic E-state index is -0.843. The van der Waals surface area contributed by atoms with Crippen molar-refractivity contribution in [2.45, 2.75) is 45.8 Å². The molecule has 0 amide bonds. The zero-order valence-corrected chi connectivity index (χ0v) is 21.9. The molecule has 0 fully saturated rings. The van der Waals surface area contributed by atoms with Crippen molar-refractivity contribution < 1.29 is 19.4 Å². The van der Waals surface area contributed by atoms with E-state index in [0.717, 1.165) is 26.7 Å². The van der Waals surface area contributed by atoms with Gasteiger partial charge in [-0.15, -0.1) is 0 Å². The van der Waals surface area contributed by atoms with Crippen molar-refractivity contribution in [3.8, 4) is 11.9 Å². The van der Waals surface area contributed by atoms with Crippen LogP contribution in [0.5, 0.6) is 5.88 Å². The van der Waals surface area contributed by atoms with E-state index in [0.29, 0.717) is 41.6 Å². The van der Waals surface area contributed by atoms with Gasteiger partial charge in [-0.1, -0.05) is 45.7 Å². The average Bonchev–Trinajstić information content (AvgIpc) is 2.84. The van der Waals surface area contributed by atoms with E-state index in [9.17, 15) is 15.2 Å². The molecule has 2 aromatic carbocycles. The maximum atomic E-state index is 12.1. The highest BCUT2D eigenvalue weighted by Gasteiger charge is 2.17. The molecule has 0 saturated carbocycles. The number of ether oxygens (including phenoxy) is 2. The molecule has 1 N–H and O–H groups in total. The maximum absolute atomic E-state index is 12.1. The van der Waals surface area contributed by atoms with E-state index in [4.69, 9.17) is 21.1 Å². The largest absolute Gasteiger partial charge is 0.473 e. The first-order valence-electron chi connectivity index (χ1n) is 11.2. The molecule has 1 unspecified atom stereocenters. The summed E-state index contributed by atoms with van der Waals surface area (Å²) < 4.78 is 11.8. The van der Waals surface area contributed by atoms with Crippen molar-refractivity contribution in [3.05, 3.63) is 91.5 Å². The Balaban J connectivity index is 1.79. The normalized spacial score (nSPS) is 11.5. The van der Waals surface area contributed by atoms with Crippen LogP contribution >= 0.6 is 27.5 Å². The van der Waals surface area contributed by atoms with Crippen molar-refractivity contribution >= 4 is 33.5 Å². The average molecular weight is 558 g/mol. The molecule has 0 aliphatic carbocycles. The number of nitrogens with zero attached hydrogens (tertiary/aromatic N) is 2. The minimum absolute atomic E-state index is 0.162. The number of pyridine rings is 1. The smallest absolute Gasteiger partial charge is 0.310 e. The lowest BCUT2D eigenvalue weighted by atomic mass is 9.93. The minimum Gasteiger partial charge on any atom is -0.473 e. The van der Waals surface area contributed by atoms with Crippen LogP contribution in [0.4, 0.5) is 0 Å². The third-order valence-corrected chi connectivity index (χ3v) is 6.57. The lowest BCUT2D eigenvalue weighted by molar-refractivity contribution is -0.142. The molecule has 1 heterocycles. The predicted octanol–water partition coefficient (Wildman–Crippen LogP) is 6.03. The molecule has 0 radical (unpaired) electrons. The lowest BCUT2D eigenvalue weighted by Crippen LogP contribution is -2.11. The fourth-order valence-electron chi connectivity index (χ4n) is 3.72. The summed E-state index contributed by atoms with van der Waals surface area (Å²) in [5, 5.41) is 20.8. The molecule has 35 heavy (non-hydrogen) atoms. The van der Waals surface area contributed by atoms with Crippen LogP contribution < -0.4 is 4.74 Å². The van der Waals surface area contributed by atoms with Gasteiger partial charge in [-0.2, -0.15) is 5.26 Å². The molecule has 182 valence electrons. The summed E-state index contributed by atoms with van der Waals surface area (Å²) in [4.78, 5) is 16.2. The van der Waals surface area contributed by atoms with E-state index >= 15 is 0 Å². The van der Waals surface area contributed by atoms with E-state index in [1.54, 1.807) is 43.3 Å². The number of hydrogen-bond donors (Lipinski definition) is 1. The molecule has 1 atom stereocenters. The van der Waals surface area contributed by atoms with Gasteiger partial charge in [0.25, 0.3) is 0 Å². The molecule has 0 spiro atoms. The molecular weight excluding hydrogens is 532 g/mol. The zero-order chi connectivity index (χ0) is 25.4. The fourth-order valence-corrected chi connectivity index (χ4v) is 4.27. The first kappa shape index (κ1) is 26.7. The summed E-state index contributed by atoms with van der Waals surface area (Å²) in [5.41, 5.74) is 4.65. The number of carbonyl (C=O) groups excluding carboxylic acids is 1. The van der Waals surface area contributed by atoms with Gasteiger partial charge in [0.1, 0.15) is 11.8 Å². The molecule has 3 aromatic rings. The van der Waals surface area contributed by atoms with E-state index < -0.39 is 6.10 Å². The van der Waals surface area contributed by atoms with Crippen LogP contribution in [-0.4, -0.2) is 22.7 Å². The van der Waals surface area contributed by atoms with Gasteiger partial charge in [-0.05, 0) is 78.8 Å². The highest BCUT2D eigenvalue weighted by molar-refractivity contribution is 9.10. The van der Waals surface area contributed by atoms with Gasteiger partial charge < -0.3 is 14.6 Å². The Bertz CT molecular complexity index is 1240. The fraction of sp³-hybridized carbons (Fsp3) is 0.296. The van der Waals surface area contributed by atoms with Gasteiger partial charge >= 0.3 is 5.97 Å². The van der Waals surface area contributed by atoms with Crippen LogP contribution in [0.15, 0.2) is 53.0 Å². The summed E-state index contributed by atoms with van der Waals surface area (Å²) in [5.74, 6) is 0.0854. The third kappa shape index (κ3) is 7.53. The Labute approximate surface area is 218 Å². The standard InChI is InChI=1S/C27H26BrClN2O4/c1-3-34-27(33)14-21-11-17(2)23(28)13-19(21)9-10-24(32)22-12-18(15-30)7-8-20(22)16-35-26-6-4-5-25(29)31-26/h4-8,11-13,24,32H,3,9-10,14,16H2,1-2H3.